The first kappa shape index (κ1) is 20.6. The monoisotopic (exact) mass is 426 g/mol. The van der Waals surface area contributed by atoms with Gasteiger partial charge in [-0.2, -0.15) is 5.10 Å². The van der Waals surface area contributed by atoms with Gasteiger partial charge in [-0.25, -0.2) is 9.07 Å². The van der Waals surface area contributed by atoms with Crippen LogP contribution < -0.4 is 0 Å². The highest BCUT2D eigenvalue weighted by Crippen LogP contribution is 2.29. The molecular formula is C27H27FN4. The van der Waals surface area contributed by atoms with Crippen molar-refractivity contribution in [3.05, 3.63) is 96.4 Å². The maximum absolute atomic E-state index is 13.3. The van der Waals surface area contributed by atoms with E-state index in [2.05, 4.69) is 65.4 Å². The van der Waals surface area contributed by atoms with Crippen molar-refractivity contribution in [2.75, 3.05) is 33.2 Å². The van der Waals surface area contributed by atoms with Crippen LogP contribution in [0, 0.1) is 5.82 Å². The number of piperazine rings is 1. The summed E-state index contributed by atoms with van der Waals surface area (Å²) in [5.74, 6) is -0.220. The molecule has 0 saturated carbocycles. The molecule has 1 aliphatic heterocycles. The lowest BCUT2D eigenvalue weighted by atomic mass is 10.0. The van der Waals surface area contributed by atoms with Crippen LogP contribution in [0.2, 0.25) is 0 Å². The van der Waals surface area contributed by atoms with E-state index in [9.17, 15) is 4.39 Å². The molecular weight excluding hydrogens is 399 g/mol. The number of nitrogens with zero attached hydrogens (tertiary/aromatic N) is 4. The smallest absolute Gasteiger partial charge is 0.123 e. The quantitative estimate of drug-likeness (QED) is 0.444. The van der Waals surface area contributed by atoms with E-state index in [1.54, 1.807) is 0 Å². The molecule has 162 valence electrons. The Balaban J connectivity index is 1.48. The molecule has 4 aromatic rings. The summed E-state index contributed by atoms with van der Waals surface area (Å²) in [4.78, 5) is 4.88. The molecule has 5 heteroatoms. The van der Waals surface area contributed by atoms with Crippen molar-refractivity contribution in [1.82, 2.24) is 19.6 Å². The van der Waals surface area contributed by atoms with Gasteiger partial charge in [-0.05, 0) is 42.4 Å². The van der Waals surface area contributed by atoms with Gasteiger partial charge in [-0.15, -0.1) is 0 Å². The van der Waals surface area contributed by atoms with Crippen LogP contribution in [-0.4, -0.2) is 52.8 Å². The van der Waals surface area contributed by atoms with Crippen molar-refractivity contribution in [1.29, 1.82) is 0 Å². The zero-order chi connectivity index (χ0) is 21.9. The standard InChI is InChI=1S/C27H27FN4/c1-30-15-17-31(18-16-30)20-24-19-29-32(27(24)23-5-3-2-4-6-23)26-13-9-22(10-14-26)21-7-11-25(28)12-8-21/h2-14,19H,15-18,20H2,1H3. The fourth-order valence-corrected chi connectivity index (χ4v) is 4.28. The molecule has 3 aromatic carbocycles. The van der Waals surface area contributed by atoms with Crippen LogP contribution in [0.25, 0.3) is 28.1 Å². The Morgan fingerprint density at radius 1 is 0.750 bits per heavy atom. The Bertz CT molecular complexity index is 1160. The van der Waals surface area contributed by atoms with Gasteiger partial charge < -0.3 is 4.90 Å². The first-order chi connectivity index (χ1) is 15.7. The number of aromatic nitrogens is 2. The zero-order valence-electron chi connectivity index (χ0n) is 18.3. The molecule has 0 N–H and O–H groups in total. The van der Waals surface area contributed by atoms with Crippen LogP contribution in [0.15, 0.2) is 85.1 Å². The first-order valence-corrected chi connectivity index (χ1v) is 11.1. The average Bonchev–Trinajstić information content (AvgIpc) is 3.25. The maximum Gasteiger partial charge on any atom is 0.123 e. The molecule has 0 radical (unpaired) electrons. The molecule has 4 nitrogen and oxygen atoms in total. The predicted molar refractivity (Wildman–Crippen MR) is 127 cm³/mol. The lowest BCUT2D eigenvalue weighted by Gasteiger charge is -2.32. The Morgan fingerprint density at radius 3 is 2.03 bits per heavy atom. The van der Waals surface area contributed by atoms with E-state index in [0.717, 1.165) is 60.8 Å². The largest absolute Gasteiger partial charge is 0.304 e. The molecule has 0 unspecified atom stereocenters. The Hall–Kier alpha value is -3.28. The highest BCUT2D eigenvalue weighted by molar-refractivity contribution is 5.68. The van der Waals surface area contributed by atoms with E-state index in [4.69, 9.17) is 5.10 Å². The van der Waals surface area contributed by atoms with Crippen molar-refractivity contribution in [3.63, 3.8) is 0 Å². The number of hydrogen-bond donors (Lipinski definition) is 0. The minimum absolute atomic E-state index is 0.220. The molecule has 0 aliphatic carbocycles. The van der Waals surface area contributed by atoms with E-state index >= 15 is 0 Å². The Kier molecular flexibility index (Phi) is 5.84. The minimum Gasteiger partial charge on any atom is -0.304 e. The third-order valence-corrected chi connectivity index (χ3v) is 6.17. The third kappa shape index (κ3) is 4.35. The predicted octanol–water partition coefficient (Wildman–Crippen LogP) is 5.09. The fraction of sp³-hybridized carbons (Fsp3) is 0.222. The van der Waals surface area contributed by atoms with E-state index in [1.165, 1.54) is 17.7 Å². The fourth-order valence-electron chi connectivity index (χ4n) is 4.28. The summed E-state index contributed by atoms with van der Waals surface area (Å²) >= 11 is 0. The van der Waals surface area contributed by atoms with Gasteiger partial charge in [-0.1, -0.05) is 54.6 Å². The Labute approximate surface area is 188 Å². The Morgan fingerprint density at radius 2 is 1.38 bits per heavy atom. The third-order valence-electron chi connectivity index (χ3n) is 6.17. The molecule has 1 aliphatic rings. The second-order valence-electron chi connectivity index (χ2n) is 8.43. The topological polar surface area (TPSA) is 24.3 Å². The summed E-state index contributed by atoms with van der Waals surface area (Å²) in [7, 11) is 2.18. The summed E-state index contributed by atoms with van der Waals surface area (Å²) in [6.07, 6.45) is 2.01. The minimum atomic E-state index is -0.220. The summed E-state index contributed by atoms with van der Waals surface area (Å²) in [6, 6.07) is 25.4. The van der Waals surface area contributed by atoms with Gasteiger partial charge in [0.1, 0.15) is 5.82 Å². The molecule has 1 fully saturated rings. The van der Waals surface area contributed by atoms with Crippen molar-refractivity contribution < 1.29 is 4.39 Å². The normalized spacial score (nSPS) is 15.2. The molecule has 1 aromatic heterocycles. The number of hydrogen-bond acceptors (Lipinski definition) is 3. The van der Waals surface area contributed by atoms with E-state index in [-0.39, 0.29) is 5.82 Å². The van der Waals surface area contributed by atoms with E-state index in [0.29, 0.717) is 0 Å². The number of likely N-dealkylation sites (N-methyl/N-ethyl adjacent to an activating group) is 1. The molecule has 32 heavy (non-hydrogen) atoms. The van der Waals surface area contributed by atoms with Crippen LogP contribution >= 0.6 is 0 Å². The first-order valence-electron chi connectivity index (χ1n) is 11.1. The van der Waals surface area contributed by atoms with Crippen LogP contribution in [0.1, 0.15) is 5.56 Å². The highest BCUT2D eigenvalue weighted by atomic mass is 19.1. The zero-order valence-corrected chi connectivity index (χ0v) is 18.3. The molecule has 0 bridgehead atoms. The second kappa shape index (κ2) is 9.07. The van der Waals surface area contributed by atoms with E-state index < -0.39 is 0 Å². The summed E-state index contributed by atoms with van der Waals surface area (Å²) in [6.45, 7) is 5.23. The molecule has 0 spiro atoms. The molecule has 2 heterocycles. The molecule has 1 saturated heterocycles. The van der Waals surface area contributed by atoms with Gasteiger partial charge in [0.15, 0.2) is 0 Å². The molecule has 0 atom stereocenters. The summed E-state index contributed by atoms with van der Waals surface area (Å²) < 4.78 is 15.3. The van der Waals surface area contributed by atoms with Crippen molar-refractivity contribution in [3.8, 4) is 28.1 Å². The number of halogens is 1. The summed E-state index contributed by atoms with van der Waals surface area (Å²) in [5.41, 5.74) is 6.61. The van der Waals surface area contributed by atoms with Crippen LogP contribution in [-0.2, 0) is 6.54 Å². The lowest BCUT2D eigenvalue weighted by molar-refractivity contribution is 0.148. The average molecular weight is 427 g/mol. The van der Waals surface area contributed by atoms with Crippen LogP contribution in [0.4, 0.5) is 4.39 Å². The lowest BCUT2D eigenvalue weighted by Crippen LogP contribution is -2.43. The van der Waals surface area contributed by atoms with Gasteiger partial charge in [0.2, 0.25) is 0 Å². The highest BCUT2D eigenvalue weighted by Gasteiger charge is 2.19. The number of rotatable bonds is 5. The van der Waals surface area contributed by atoms with Crippen molar-refractivity contribution in [2.24, 2.45) is 0 Å². The van der Waals surface area contributed by atoms with Gasteiger partial charge in [0.25, 0.3) is 0 Å². The van der Waals surface area contributed by atoms with Crippen LogP contribution in [0.5, 0.6) is 0 Å². The second-order valence-corrected chi connectivity index (χ2v) is 8.43. The van der Waals surface area contributed by atoms with Gasteiger partial charge >= 0.3 is 0 Å². The summed E-state index contributed by atoms with van der Waals surface area (Å²) in [5, 5.41) is 4.79. The van der Waals surface area contributed by atoms with Crippen molar-refractivity contribution >= 4 is 0 Å². The molecule has 0 amide bonds. The maximum atomic E-state index is 13.3. The SMILES string of the molecule is CN1CCN(Cc2cnn(-c3ccc(-c4ccc(F)cc4)cc3)c2-c2ccccc2)CC1. The van der Waals surface area contributed by atoms with Crippen molar-refractivity contribution in [2.45, 2.75) is 6.54 Å². The van der Waals surface area contributed by atoms with E-state index in [1.807, 2.05) is 29.1 Å². The molecule has 5 rings (SSSR count). The van der Waals surface area contributed by atoms with Gasteiger partial charge in [0.05, 0.1) is 17.6 Å². The number of benzene rings is 3. The van der Waals surface area contributed by atoms with Crippen LogP contribution in [0.3, 0.4) is 0 Å². The van der Waals surface area contributed by atoms with Gasteiger partial charge in [0, 0.05) is 43.9 Å². The van der Waals surface area contributed by atoms with Gasteiger partial charge in [-0.3, -0.25) is 4.90 Å².